The summed E-state index contributed by atoms with van der Waals surface area (Å²) in [6, 6.07) is -0.0100. The molecular formula is C11H20N2O2. The van der Waals surface area contributed by atoms with E-state index in [-0.39, 0.29) is 23.6 Å². The number of ether oxygens (including phenoxy) is 1. The van der Waals surface area contributed by atoms with E-state index in [1.165, 1.54) is 0 Å². The van der Waals surface area contributed by atoms with E-state index in [1.54, 1.807) is 4.90 Å². The Bertz CT molecular complexity index is 269. The molecule has 2 fully saturated rings. The lowest BCUT2D eigenvalue weighted by molar-refractivity contribution is -0.128. The largest absolute Gasteiger partial charge is 0.377 e. The van der Waals surface area contributed by atoms with Gasteiger partial charge >= 0.3 is 0 Å². The van der Waals surface area contributed by atoms with Crippen LogP contribution in [0.1, 0.15) is 26.7 Å². The lowest BCUT2D eigenvalue weighted by Gasteiger charge is -2.31. The van der Waals surface area contributed by atoms with E-state index in [1.807, 2.05) is 7.05 Å². The molecule has 0 aromatic rings. The molecule has 2 aliphatic heterocycles. The Kier molecular flexibility index (Phi) is 2.73. The van der Waals surface area contributed by atoms with Gasteiger partial charge in [-0.25, -0.2) is 0 Å². The van der Waals surface area contributed by atoms with Gasteiger partial charge in [0.05, 0.1) is 12.1 Å². The Balaban J connectivity index is 2.00. The summed E-state index contributed by atoms with van der Waals surface area (Å²) in [5, 5.41) is 3.47. The molecule has 4 nitrogen and oxygen atoms in total. The van der Waals surface area contributed by atoms with Crippen molar-refractivity contribution >= 4 is 5.91 Å². The van der Waals surface area contributed by atoms with Crippen molar-refractivity contribution in [3.8, 4) is 0 Å². The van der Waals surface area contributed by atoms with Crippen LogP contribution in [0.25, 0.3) is 0 Å². The summed E-state index contributed by atoms with van der Waals surface area (Å²) in [4.78, 5) is 13.6. The third kappa shape index (κ3) is 1.88. The second kappa shape index (κ2) is 3.76. The maximum atomic E-state index is 11.8. The van der Waals surface area contributed by atoms with Gasteiger partial charge in [-0.15, -0.1) is 0 Å². The van der Waals surface area contributed by atoms with Crippen molar-refractivity contribution in [2.75, 3.05) is 20.2 Å². The van der Waals surface area contributed by atoms with E-state index in [2.05, 4.69) is 19.2 Å². The number of hydrogen-bond donors (Lipinski definition) is 1. The van der Waals surface area contributed by atoms with Crippen LogP contribution in [0.3, 0.4) is 0 Å². The number of likely N-dealkylation sites (N-methyl/N-ethyl adjacent to an activating group) is 1. The fraction of sp³-hybridized carbons (Fsp3) is 0.909. The van der Waals surface area contributed by atoms with Crippen LogP contribution in [0.5, 0.6) is 0 Å². The minimum atomic E-state index is -0.0362. The van der Waals surface area contributed by atoms with Gasteiger partial charge in [-0.1, -0.05) is 0 Å². The number of carbonyl (C=O) groups is 1. The molecule has 2 aliphatic rings. The van der Waals surface area contributed by atoms with Gasteiger partial charge < -0.3 is 9.64 Å². The van der Waals surface area contributed by atoms with Crippen LogP contribution in [-0.2, 0) is 9.53 Å². The van der Waals surface area contributed by atoms with E-state index in [0.29, 0.717) is 0 Å². The molecule has 0 aromatic carbocycles. The molecule has 15 heavy (non-hydrogen) atoms. The minimum absolute atomic E-state index is 0.0100. The molecule has 1 N–H and O–H groups in total. The number of amides is 1. The topological polar surface area (TPSA) is 41.6 Å². The summed E-state index contributed by atoms with van der Waals surface area (Å²) in [5.41, 5.74) is -0.0362. The molecule has 0 aliphatic carbocycles. The van der Waals surface area contributed by atoms with E-state index in [0.717, 1.165) is 26.0 Å². The molecule has 0 saturated carbocycles. The molecule has 2 saturated heterocycles. The first-order valence-corrected chi connectivity index (χ1v) is 5.67. The monoisotopic (exact) mass is 212 g/mol. The lowest BCUT2D eigenvalue weighted by atomic mass is 9.93. The molecule has 3 atom stereocenters. The highest BCUT2D eigenvalue weighted by Crippen LogP contribution is 2.27. The standard InChI is InChI=1S/C11H20N2O2/c1-8-11(2,5-7-15-8)12-9-4-6-13(3)10(9)14/h8-9,12H,4-7H2,1-3H3. The van der Waals surface area contributed by atoms with Crippen molar-refractivity contribution < 1.29 is 9.53 Å². The highest BCUT2D eigenvalue weighted by Gasteiger charge is 2.41. The van der Waals surface area contributed by atoms with Crippen LogP contribution < -0.4 is 5.32 Å². The predicted molar refractivity (Wildman–Crippen MR) is 57.6 cm³/mol. The van der Waals surface area contributed by atoms with Crippen LogP contribution in [0.15, 0.2) is 0 Å². The average molecular weight is 212 g/mol. The summed E-state index contributed by atoms with van der Waals surface area (Å²) < 4.78 is 5.55. The number of hydrogen-bond acceptors (Lipinski definition) is 3. The summed E-state index contributed by atoms with van der Waals surface area (Å²) >= 11 is 0. The van der Waals surface area contributed by atoms with Crippen LogP contribution in [0.2, 0.25) is 0 Å². The SMILES string of the molecule is CC1OCCC1(C)NC1CCN(C)C1=O. The highest BCUT2D eigenvalue weighted by molar-refractivity contribution is 5.83. The molecule has 2 heterocycles. The Morgan fingerprint density at radius 2 is 2.33 bits per heavy atom. The molecule has 4 heteroatoms. The van der Waals surface area contributed by atoms with Crippen LogP contribution in [0, 0.1) is 0 Å². The number of nitrogens with one attached hydrogen (secondary N) is 1. The van der Waals surface area contributed by atoms with Crippen LogP contribution >= 0.6 is 0 Å². The maximum absolute atomic E-state index is 11.8. The molecule has 86 valence electrons. The van der Waals surface area contributed by atoms with Crippen molar-refractivity contribution in [2.45, 2.75) is 44.4 Å². The van der Waals surface area contributed by atoms with Crippen molar-refractivity contribution in [1.29, 1.82) is 0 Å². The Morgan fingerprint density at radius 3 is 2.80 bits per heavy atom. The van der Waals surface area contributed by atoms with Crippen molar-refractivity contribution in [3.63, 3.8) is 0 Å². The van der Waals surface area contributed by atoms with Gasteiger partial charge in [0.1, 0.15) is 0 Å². The van der Waals surface area contributed by atoms with Gasteiger partial charge in [0.25, 0.3) is 0 Å². The smallest absolute Gasteiger partial charge is 0.239 e. The molecule has 0 spiro atoms. The van der Waals surface area contributed by atoms with Gasteiger partial charge in [-0.2, -0.15) is 0 Å². The zero-order valence-corrected chi connectivity index (χ0v) is 9.75. The highest BCUT2D eigenvalue weighted by atomic mass is 16.5. The minimum Gasteiger partial charge on any atom is -0.377 e. The zero-order chi connectivity index (χ0) is 11.1. The van der Waals surface area contributed by atoms with Gasteiger partial charge in [0, 0.05) is 25.7 Å². The first-order valence-electron chi connectivity index (χ1n) is 5.67. The third-order valence-corrected chi connectivity index (χ3v) is 3.82. The quantitative estimate of drug-likeness (QED) is 0.719. The Labute approximate surface area is 91.0 Å². The predicted octanol–water partition coefficient (Wildman–Crippen LogP) is 0.374. The number of carbonyl (C=O) groups excluding carboxylic acids is 1. The van der Waals surface area contributed by atoms with Gasteiger partial charge in [-0.05, 0) is 26.7 Å². The molecule has 2 rings (SSSR count). The van der Waals surface area contributed by atoms with E-state index in [4.69, 9.17) is 4.74 Å². The Morgan fingerprint density at radius 1 is 1.60 bits per heavy atom. The zero-order valence-electron chi connectivity index (χ0n) is 9.75. The fourth-order valence-electron chi connectivity index (χ4n) is 2.38. The second-order valence-electron chi connectivity index (χ2n) is 4.93. The van der Waals surface area contributed by atoms with E-state index < -0.39 is 0 Å². The summed E-state index contributed by atoms with van der Waals surface area (Å²) in [7, 11) is 1.86. The number of nitrogens with zero attached hydrogens (tertiary/aromatic N) is 1. The van der Waals surface area contributed by atoms with Crippen molar-refractivity contribution in [1.82, 2.24) is 10.2 Å². The second-order valence-corrected chi connectivity index (χ2v) is 4.93. The first kappa shape index (κ1) is 10.9. The summed E-state index contributed by atoms with van der Waals surface area (Å²) in [6.07, 6.45) is 2.09. The molecular weight excluding hydrogens is 192 g/mol. The van der Waals surface area contributed by atoms with Crippen molar-refractivity contribution in [3.05, 3.63) is 0 Å². The Hall–Kier alpha value is -0.610. The third-order valence-electron chi connectivity index (χ3n) is 3.82. The molecule has 1 amide bonds. The van der Waals surface area contributed by atoms with Crippen LogP contribution in [0.4, 0.5) is 0 Å². The average Bonchev–Trinajstić information content (AvgIpc) is 2.66. The van der Waals surface area contributed by atoms with E-state index in [9.17, 15) is 4.79 Å². The molecule has 0 aromatic heterocycles. The molecule has 3 unspecified atom stereocenters. The molecule has 0 radical (unpaired) electrons. The van der Waals surface area contributed by atoms with Gasteiger partial charge in [0.15, 0.2) is 0 Å². The maximum Gasteiger partial charge on any atom is 0.239 e. The van der Waals surface area contributed by atoms with Gasteiger partial charge in [-0.3, -0.25) is 10.1 Å². The van der Waals surface area contributed by atoms with Gasteiger partial charge in [0.2, 0.25) is 5.91 Å². The summed E-state index contributed by atoms with van der Waals surface area (Å²) in [5.74, 6) is 0.218. The number of rotatable bonds is 2. The normalized spacial score (nSPS) is 41.5. The fourth-order valence-corrected chi connectivity index (χ4v) is 2.38. The van der Waals surface area contributed by atoms with Crippen molar-refractivity contribution in [2.24, 2.45) is 0 Å². The summed E-state index contributed by atoms with van der Waals surface area (Å²) in [6.45, 7) is 5.88. The number of likely N-dealkylation sites (tertiary alicyclic amines) is 1. The molecule has 0 bridgehead atoms. The van der Waals surface area contributed by atoms with Crippen LogP contribution in [-0.4, -0.2) is 48.7 Å². The lowest BCUT2D eigenvalue weighted by Crippen LogP contribution is -2.54. The van der Waals surface area contributed by atoms with E-state index >= 15 is 0 Å². The first-order chi connectivity index (χ1) is 7.03.